The van der Waals surface area contributed by atoms with Crippen LogP contribution in [0.25, 0.3) is 0 Å². The van der Waals surface area contributed by atoms with Crippen molar-refractivity contribution < 1.29 is 19.4 Å². The lowest BCUT2D eigenvalue weighted by Gasteiger charge is -2.11. The van der Waals surface area contributed by atoms with E-state index < -0.39 is 22.0 Å². The number of esters is 1. The molecule has 114 valence electrons. The molecule has 1 unspecified atom stereocenters. The van der Waals surface area contributed by atoms with Gasteiger partial charge >= 0.3 is 12.1 Å². The molecule has 0 N–H and O–H groups in total. The predicted molar refractivity (Wildman–Crippen MR) is 71.2 cm³/mol. The van der Waals surface area contributed by atoms with Gasteiger partial charge in [-0.3, -0.25) is 20.2 Å². The molecule has 0 aliphatic rings. The summed E-state index contributed by atoms with van der Waals surface area (Å²) in [4.78, 5) is 29.8. The molecule has 0 aromatic heterocycles. The summed E-state index contributed by atoms with van der Waals surface area (Å²) in [6, 6.07) is 0. The first-order valence-electron chi connectivity index (χ1n) is 6.54. The van der Waals surface area contributed by atoms with Gasteiger partial charge in [-0.2, -0.15) is 0 Å². The first kappa shape index (κ1) is 18.0. The Kier molecular flexibility index (Phi) is 8.89. The van der Waals surface area contributed by atoms with Crippen LogP contribution >= 0.6 is 0 Å². The van der Waals surface area contributed by atoms with Crippen molar-refractivity contribution in [2.45, 2.75) is 58.2 Å². The largest absolute Gasteiger partial charge is 0.470 e. The molecule has 1 atom stereocenters. The third-order valence-electron chi connectivity index (χ3n) is 2.62. The van der Waals surface area contributed by atoms with E-state index in [1.165, 1.54) is 0 Å². The second-order valence-electron chi connectivity index (χ2n) is 4.44. The lowest BCUT2D eigenvalue weighted by molar-refractivity contribution is -0.727. The van der Waals surface area contributed by atoms with Crippen molar-refractivity contribution in [1.82, 2.24) is 0 Å². The van der Waals surface area contributed by atoms with Crippen LogP contribution in [0.5, 0.6) is 0 Å². The molecule has 0 saturated carbocycles. The summed E-state index contributed by atoms with van der Waals surface area (Å²) in [6.07, 6.45) is 3.83. The number of nitrogens with zero attached hydrogens (tertiary/aromatic N) is 2. The number of unbranched alkanes of at least 4 members (excludes halogenated alkanes) is 3. The minimum atomic E-state index is -2.12. The molecule has 0 aliphatic heterocycles. The Morgan fingerprint density at radius 2 is 1.80 bits per heavy atom. The standard InChI is InChI=1S/C12H20N2O6/c1-3-4-5-6-7-10(2)20-12(15)9-8-11(13(16)17)14(18)19/h8-11H,3-7H2,1-2H3/b9-8+. The molecule has 20 heavy (non-hydrogen) atoms. The Bertz CT molecular complexity index is 355. The van der Waals surface area contributed by atoms with E-state index in [9.17, 15) is 25.0 Å². The summed E-state index contributed by atoms with van der Waals surface area (Å²) in [7, 11) is 0. The van der Waals surface area contributed by atoms with E-state index in [2.05, 4.69) is 6.92 Å². The molecule has 0 heterocycles. The van der Waals surface area contributed by atoms with Gasteiger partial charge in [0.05, 0.1) is 12.2 Å². The van der Waals surface area contributed by atoms with Crippen LogP contribution in [0, 0.1) is 20.2 Å². The molecule has 0 fully saturated rings. The van der Waals surface area contributed by atoms with Crippen molar-refractivity contribution >= 4 is 5.97 Å². The molecule has 0 aliphatic carbocycles. The Labute approximate surface area is 117 Å². The quantitative estimate of drug-likeness (QED) is 0.152. The number of hydrogen-bond acceptors (Lipinski definition) is 6. The van der Waals surface area contributed by atoms with E-state index >= 15 is 0 Å². The molecule has 0 amide bonds. The molecule has 0 radical (unpaired) electrons. The number of carbonyl (C=O) groups excluding carboxylic acids is 1. The van der Waals surface area contributed by atoms with Crippen LogP contribution in [-0.2, 0) is 9.53 Å². The van der Waals surface area contributed by atoms with Crippen molar-refractivity contribution in [3.8, 4) is 0 Å². The fraction of sp³-hybridized carbons (Fsp3) is 0.750. The molecule has 8 nitrogen and oxygen atoms in total. The Morgan fingerprint density at radius 3 is 2.30 bits per heavy atom. The average molecular weight is 288 g/mol. The fourth-order valence-corrected chi connectivity index (χ4v) is 1.54. The number of carbonyl (C=O) groups is 1. The molecule has 0 saturated heterocycles. The number of nitro groups is 2. The molecular formula is C12H20N2O6. The van der Waals surface area contributed by atoms with E-state index in [1.54, 1.807) is 6.92 Å². The highest BCUT2D eigenvalue weighted by Gasteiger charge is 2.28. The summed E-state index contributed by atoms with van der Waals surface area (Å²) in [5.74, 6) is -0.804. The Balaban J connectivity index is 4.14. The van der Waals surface area contributed by atoms with Gasteiger partial charge in [0, 0.05) is 6.08 Å². The molecule has 0 aromatic rings. The van der Waals surface area contributed by atoms with Gasteiger partial charge in [0.15, 0.2) is 0 Å². The topological polar surface area (TPSA) is 113 Å². The molecule has 0 bridgehead atoms. The summed E-state index contributed by atoms with van der Waals surface area (Å²) in [5.41, 5.74) is 0. The van der Waals surface area contributed by atoms with Crippen LogP contribution in [0.1, 0.15) is 46.0 Å². The van der Waals surface area contributed by atoms with Crippen molar-refractivity contribution in [2.75, 3.05) is 0 Å². The second kappa shape index (κ2) is 9.88. The van der Waals surface area contributed by atoms with Gasteiger partial charge in [0.2, 0.25) is 0 Å². The summed E-state index contributed by atoms with van der Waals surface area (Å²) in [6.45, 7) is 3.81. The van der Waals surface area contributed by atoms with Crippen molar-refractivity contribution in [1.29, 1.82) is 0 Å². The van der Waals surface area contributed by atoms with E-state index in [1.807, 2.05) is 0 Å². The minimum absolute atomic E-state index is 0.311. The van der Waals surface area contributed by atoms with Gasteiger partial charge in [0.25, 0.3) is 0 Å². The fourth-order valence-electron chi connectivity index (χ4n) is 1.54. The van der Waals surface area contributed by atoms with E-state index in [0.717, 1.165) is 31.8 Å². The third kappa shape index (κ3) is 8.17. The van der Waals surface area contributed by atoms with Gasteiger partial charge < -0.3 is 4.74 Å². The zero-order chi connectivity index (χ0) is 15.5. The van der Waals surface area contributed by atoms with Crippen LogP contribution in [0.15, 0.2) is 12.2 Å². The minimum Gasteiger partial charge on any atom is -0.460 e. The zero-order valence-electron chi connectivity index (χ0n) is 11.7. The first-order chi connectivity index (χ1) is 9.38. The maximum Gasteiger partial charge on any atom is 0.470 e. The average Bonchev–Trinajstić information content (AvgIpc) is 2.34. The van der Waals surface area contributed by atoms with Gasteiger partial charge in [-0.15, -0.1) is 0 Å². The zero-order valence-corrected chi connectivity index (χ0v) is 11.7. The summed E-state index contributed by atoms with van der Waals surface area (Å²) in [5, 5.41) is 20.7. The van der Waals surface area contributed by atoms with Gasteiger partial charge in [-0.1, -0.05) is 26.2 Å². The summed E-state index contributed by atoms with van der Waals surface area (Å²) >= 11 is 0. The SMILES string of the molecule is CCCCCCC(C)OC(=O)/C=C/C([N+](=O)[O-])[N+](=O)[O-]. The predicted octanol–water partition coefficient (Wildman–Crippen LogP) is 2.32. The van der Waals surface area contributed by atoms with Crippen LogP contribution < -0.4 is 0 Å². The molecule has 0 aromatic carbocycles. The molecule has 0 rings (SSSR count). The molecule has 8 heteroatoms. The molecular weight excluding hydrogens is 268 g/mol. The van der Waals surface area contributed by atoms with Crippen LogP contribution in [0.3, 0.4) is 0 Å². The van der Waals surface area contributed by atoms with Crippen molar-refractivity contribution in [3.05, 3.63) is 32.4 Å². The Hall–Kier alpha value is -1.99. The lowest BCUT2D eigenvalue weighted by Crippen LogP contribution is -2.26. The van der Waals surface area contributed by atoms with Gasteiger partial charge in [-0.05, 0) is 19.8 Å². The van der Waals surface area contributed by atoms with E-state index in [0.29, 0.717) is 12.5 Å². The highest BCUT2D eigenvalue weighted by molar-refractivity contribution is 5.82. The highest BCUT2D eigenvalue weighted by atomic mass is 16.7. The van der Waals surface area contributed by atoms with Crippen molar-refractivity contribution in [3.63, 3.8) is 0 Å². The smallest absolute Gasteiger partial charge is 0.460 e. The number of hydrogen-bond donors (Lipinski definition) is 0. The maximum atomic E-state index is 11.3. The monoisotopic (exact) mass is 288 g/mol. The Morgan fingerprint density at radius 1 is 1.20 bits per heavy atom. The van der Waals surface area contributed by atoms with Crippen molar-refractivity contribution in [2.24, 2.45) is 0 Å². The van der Waals surface area contributed by atoms with Crippen LogP contribution in [0.4, 0.5) is 0 Å². The lowest BCUT2D eigenvalue weighted by atomic mass is 10.1. The van der Waals surface area contributed by atoms with Crippen LogP contribution in [0.2, 0.25) is 0 Å². The first-order valence-corrected chi connectivity index (χ1v) is 6.54. The highest BCUT2D eigenvalue weighted by Crippen LogP contribution is 2.08. The summed E-state index contributed by atoms with van der Waals surface area (Å²) < 4.78 is 4.97. The van der Waals surface area contributed by atoms with E-state index in [-0.39, 0.29) is 6.10 Å². The number of rotatable bonds is 10. The maximum absolute atomic E-state index is 11.3. The van der Waals surface area contributed by atoms with Gasteiger partial charge in [0.1, 0.15) is 9.85 Å². The van der Waals surface area contributed by atoms with Gasteiger partial charge in [-0.25, -0.2) is 4.79 Å². The molecule has 0 spiro atoms. The van der Waals surface area contributed by atoms with E-state index in [4.69, 9.17) is 4.74 Å². The van der Waals surface area contributed by atoms with Crippen LogP contribution in [-0.4, -0.2) is 28.1 Å². The second-order valence-corrected chi connectivity index (χ2v) is 4.44. The normalized spacial score (nSPS) is 12.6. The number of ether oxygens (including phenoxy) is 1. The third-order valence-corrected chi connectivity index (χ3v) is 2.62.